The highest BCUT2D eigenvalue weighted by molar-refractivity contribution is 4.83. The van der Waals surface area contributed by atoms with Gasteiger partial charge in [0.2, 0.25) is 0 Å². The molecule has 0 aromatic rings. The van der Waals surface area contributed by atoms with Crippen molar-refractivity contribution in [1.29, 1.82) is 0 Å². The average molecular weight is 172 g/mol. The minimum atomic E-state index is -0.573. The van der Waals surface area contributed by atoms with Crippen LogP contribution in [0.15, 0.2) is 0 Å². The Labute approximate surface area is 74.6 Å². The van der Waals surface area contributed by atoms with Gasteiger partial charge in [-0.25, -0.2) is 0 Å². The number of aliphatic hydroxyl groups is 2. The summed E-state index contributed by atoms with van der Waals surface area (Å²) in [5.41, 5.74) is -0.573. The van der Waals surface area contributed by atoms with E-state index in [1.807, 2.05) is 13.8 Å². The molecule has 0 amide bonds. The van der Waals surface area contributed by atoms with E-state index in [4.69, 9.17) is 0 Å². The predicted molar refractivity (Wildman–Crippen MR) is 48.9 cm³/mol. The Bertz CT molecular complexity index is 143. The molecule has 0 aliphatic heterocycles. The first-order valence-corrected chi connectivity index (χ1v) is 4.95. The van der Waals surface area contributed by atoms with Crippen LogP contribution >= 0.6 is 0 Å². The second kappa shape index (κ2) is 3.75. The Morgan fingerprint density at radius 2 is 2.08 bits per heavy atom. The maximum atomic E-state index is 9.79. The van der Waals surface area contributed by atoms with E-state index in [-0.39, 0.29) is 6.10 Å². The molecule has 1 rings (SSSR count). The summed E-state index contributed by atoms with van der Waals surface area (Å²) in [5.74, 6) is 0.333. The van der Waals surface area contributed by atoms with Crippen LogP contribution in [0.3, 0.4) is 0 Å². The summed E-state index contributed by atoms with van der Waals surface area (Å²) in [6, 6.07) is 0. The third kappa shape index (κ3) is 2.46. The van der Waals surface area contributed by atoms with Crippen LogP contribution in [0.4, 0.5) is 0 Å². The molecule has 0 aromatic carbocycles. The highest BCUT2D eigenvalue weighted by atomic mass is 16.3. The molecule has 2 nitrogen and oxygen atoms in total. The van der Waals surface area contributed by atoms with Crippen LogP contribution in [0.2, 0.25) is 0 Å². The van der Waals surface area contributed by atoms with Crippen LogP contribution in [0.25, 0.3) is 0 Å². The fourth-order valence-electron chi connectivity index (χ4n) is 1.96. The van der Waals surface area contributed by atoms with E-state index in [1.165, 1.54) is 0 Å². The van der Waals surface area contributed by atoms with E-state index >= 15 is 0 Å². The maximum Gasteiger partial charge on any atom is 0.0620 e. The molecule has 1 fully saturated rings. The lowest BCUT2D eigenvalue weighted by atomic mass is 9.88. The molecule has 1 saturated carbocycles. The molecule has 2 heteroatoms. The smallest absolute Gasteiger partial charge is 0.0620 e. The fraction of sp³-hybridized carbons (Fsp3) is 1.00. The molecule has 0 heterocycles. The number of hydrogen-bond acceptors (Lipinski definition) is 2. The molecule has 12 heavy (non-hydrogen) atoms. The normalized spacial score (nSPS) is 35.0. The second-order valence-electron chi connectivity index (χ2n) is 4.31. The van der Waals surface area contributed by atoms with Crippen molar-refractivity contribution in [3.8, 4) is 0 Å². The quantitative estimate of drug-likeness (QED) is 0.680. The largest absolute Gasteiger partial charge is 0.393 e. The van der Waals surface area contributed by atoms with Gasteiger partial charge >= 0.3 is 0 Å². The topological polar surface area (TPSA) is 40.5 Å². The van der Waals surface area contributed by atoms with Crippen LogP contribution < -0.4 is 0 Å². The highest BCUT2D eigenvalue weighted by Crippen LogP contribution is 2.33. The number of aliphatic hydroxyl groups excluding tert-OH is 1. The summed E-state index contributed by atoms with van der Waals surface area (Å²) < 4.78 is 0. The van der Waals surface area contributed by atoms with Crippen molar-refractivity contribution in [2.75, 3.05) is 0 Å². The Morgan fingerprint density at radius 3 is 2.50 bits per heavy atom. The van der Waals surface area contributed by atoms with Gasteiger partial charge in [-0.1, -0.05) is 13.3 Å². The minimum Gasteiger partial charge on any atom is -0.393 e. The predicted octanol–water partition coefficient (Wildman–Crippen LogP) is 1.70. The van der Waals surface area contributed by atoms with Crippen molar-refractivity contribution < 1.29 is 10.2 Å². The lowest BCUT2D eigenvalue weighted by Gasteiger charge is -2.26. The molecule has 0 spiro atoms. The Kier molecular flexibility index (Phi) is 3.13. The zero-order chi connectivity index (χ0) is 9.19. The van der Waals surface area contributed by atoms with Crippen LogP contribution in [0.1, 0.15) is 46.0 Å². The van der Waals surface area contributed by atoms with Crippen LogP contribution in [0, 0.1) is 5.92 Å². The van der Waals surface area contributed by atoms with Gasteiger partial charge in [-0.2, -0.15) is 0 Å². The molecule has 72 valence electrons. The van der Waals surface area contributed by atoms with Crippen molar-refractivity contribution in [3.05, 3.63) is 0 Å². The van der Waals surface area contributed by atoms with Gasteiger partial charge in [0.1, 0.15) is 0 Å². The van der Waals surface area contributed by atoms with Crippen LogP contribution in [-0.2, 0) is 0 Å². The molecule has 2 N–H and O–H groups in total. The first-order valence-electron chi connectivity index (χ1n) is 4.95. The van der Waals surface area contributed by atoms with Gasteiger partial charge in [-0.3, -0.25) is 0 Å². The van der Waals surface area contributed by atoms with Gasteiger partial charge in [0.15, 0.2) is 0 Å². The molecule has 3 atom stereocenters. The van der Waals surface area contributed by atoms with E-state index in [0.29, 0.717) is 5.92 Å². The van der Waals surface area contributed by atoms with Crippen LogP contribution in [0.5, 0.6) is 0 Å². The number of rotatable bonds is 3. The minimum absolute atomic E-state index is 0.164. The Hall–Kier alpha value is -0.0800. The molecule has 0 radical (unpaired) electrons. The van der Waals surface area contributed by atoms with E-state index in [9.17, 15) is 10.2 Å². The Morgan fingerprint density at radius 1 is 1.42 bits per heavy atom. The standard InChI is InChI=1S/C10H20O2/c1-3-10(2,12)7-8-5-4-6-9(8)11/h8-9,11-12H,3-7H2,1-2H3. The third-order valence-electron chi connectivity index (χ3n) is 3.08. The van der Waals surface area contributed by atoms with Crippen molar-refractivity contribution >= 4 is 0 Å². The van der Waals surface area contributed by atoms with E-state index in [0.717, 1.165) is 32.1 Å². The SMILES string of the molecule is CCC(C)(O)CC1CCCC1O. The lowest BCUT2D eigenvalue weighted by molar-refractivity contribution is 0.00718. The van der Waals surface area contributed by atoms with Gasteiger partial charge in [0.25, 0.3) is 0 Å². The second-order valence-corrected chi connectivity index (χ2v) is 4.31. The average Bonchev–Trinajstić information content (AvgIpc) is 2.36. The molecular weight excluding hydrogens is 152 g/mol. The highest BCUT2D eigenvalue weighted by Gasteiger charge is 2.31. The van der Waals surface area contributed by atoms with Gasteiger partial charge in [-0.15, -0.1) is 0 Å². The van der Waals surface area contributed by atoms with Gasteiger partial charge in [-0.05, 0) is 38.5 Å². The molecule has 0 aromatic heterocycles. The zero-order valence-electron chi connectivity index (χ0n) is 8.08. The maximum absolute atomic E-state index is 9.79. The van der Waals surface area contributed by atoms with E-state index in [1.54, 1.807) is 0 Å². The molecular formula is C10H20O2. The summed E-state index contributed by atoms with van der Waals surface area (Å²) in [7, 11) is 0. The van der Waals surface area contributed by atoms with E-state index in [2.05, 4.69) is 0 Å². The molecule has 1 aliphatic rings. The first kappa shape index (κ1) is 10.0. The zero-order valence-corrected chi connectivity index (χ0v) is 8.08. The molecule has 1 aliphatic carbocycles. The van der Waals surface area contributed by atoms with Crippen molar-refractivity contribution in [2.45, 2.75) is 57.7 Å². The molecule has 0 saturated heterocycles. The first-order chi connectivity index (χ1) is 5.55. The van der Waals surface area contributed by atoms with E-state index < -0.39 is 5.60 Å². The monoisotopic (exact) mass is 172 g/mol. The van der Waals surface area contributed by atoms with Crippen molar-refractivity contribution in [1.82, 2.24) is 0 Å². The summed E-state index contributed by atoms with van der Waals surface area (Å²) in [5, 5.41) is 19.3. The molecule has 3 unspecified atom stereocenters. The summed E-state index contributed by atoms with van der Waals surface area (Å²) in [6.07, 6.45) is 4.48. The van der Waals surface area contributed by atoms with Crippen LogP contribution in [-0.4, -0.2) is 21.9 Å². The van der Waals surface area contributed by atoms with Crippen molar-refractivity contribution in [2.24, 2.45) is 5.92 Å². The van der Waals surface area contributed by atoms with Gasteiger partial charge in [0.05, 0.1) is 11.7 Å². The summed E-state index contributed by atoms with van der Waals surface area (Å²) in [4.78, 5) is 0. The lowest BCUT2D eigenvalue weighted by Crippen LogP contribution is -2.29. The number of hydrogen-bond donors (Lipinski definition) is 2. The van der Waals surface area contributed by atoms with Gasteiger partial charge < -0.3 is 10.2 Å². The fourth-order valence-corrected chi connectivity index (χ4v) is 1.96. The Balaban J connectivity index is 2.39. The summed E-state index contributed by atoms with van der Waals surface area (Å²) in [6.45, 7) is 3.85. The molecule has 0 bridgehead atoms. The summed E-state index contributed by atoms with van der Waals surface area (Å²) >= 11 is 0. The van der Waals surface area contributed by atoms with Crippen molar-refractivity contribution in [3.63, 3.8) is 0 Å². The van der Waals surface area contributed by atoms with Gasteiger partial charge in [0, 0.05) is 0 Å². The third-order valence-corrected chi connectivity index (χ3v) is 3.08.